The highest BCUT2D eigenvalue weighted by atomic mass is 16.2. The second-order valence-electron chi connectivity index (χ2n) is 4.71. The first kappa shape index (κ1) is 15.0. The van der Waals surface area contributed by atoms with E-state index < -0.39 is 0 Å². The van der Waals surface area contributed by atoms with Gasteiger partial charge in [-0.15, -0.1) is 0 Å². The van der Waals surface area contributed by atoms with E-state index in [0.717, 1.165) is 12.8 Å². The van der Waals surface area contributed by atoms with E-state index in [1.165, 1.54) is 6.20 Å². The molecule has 1 aliphatic rings. The summed E-state index contributed by atoms with van der Waals surface area (Å²) in [7, 11) is 0. The molecule has 0 spiro atoms. The lowest BCUT2D eigenvalue weighted by molar-refractivity contribution is -0.121. The number of carbonyl (C=O) groups excluding carboxylic acids is 2. The molecule has 1 aliphatic carbocycles. The van der Waals surface area contributed by atoms with Gasteiger partial charge in [0, 0.05) is 25.2 Å². The molecule has 1 fully saturated rings. The Morgan fingerprint density at radius 3 is 2.95 bits per heavy atom. The van der Waals surface area contributed by atoms with Crippen LogP contribution in [0, 0.1) is 11.8 Å². The third-order valence-corrected chi connectivity index (χ3v) is 2.90. The lowest BCUT2D eigenvalue weighted by atomic mass is 10.2. The van der Waals surface area contributed by atoms with Crippen molar-refractivity contribution in [1.82, 2.24) is 15.6 Å². The molecule has 21 heavy (non-hydrogen) atoms. The fraction of sp³-hybridized carbons (Fsp3) is 0.400. The molecule has 1 heterocycles. The number of nitrogens with one attached hydrogen (secondary N) is 2. The highest BCUT2D eigenvalue weighted by molar-refractivity contribution is 5.95. The zero-order chi connectivity index (χ0) is 15.1. The summed E-state index contributed by atoms with van der Waals surface area (Å²) in [6.45, 7) is -0.0296. The van der Waals surface area contributed by atoms with Gasteiger partial charge in [-0.05, 0) is 25.0 Å². The average molecular weight is 287 g/mol. The van der Waals surface area contributed by atoms with E-state index in [4.69, 9.17) is 5.11 Å². The van der Waals surface area contributed by atoms with Crippen LogP contribution < -0.4 is 10.6 Å². The molecule has 2 rings (SSSR count). The van der Waals surface area contributed by atoms with Gasteiger partial charge in [0.2, 0.25) is 5.91 Å². The van der Waals surface area contributed by atoms with E-state index >= 15 is 0 Å². The Balaban J connectivity index is 1.86. The molecule has 110 valence electrons. The second-order valence-corrected chi connectivity index (χ2v) is 4.71. The summed E-state index contributed by atoms with van der Waals surface area (Å²) in [6.07, 6.45) is 3.82. The first-order valence-electron chi connectivity index (χ1n) is 6.83. The van der Waals surface area contributed by atoms with Crippen LogP contribution in [0.25, 0.3) is 0 Å². The summed E-state index contributed by atoms with van der Waals surface area (Å²) in [5.41, 5.74) is 0.646. The fourth-order valence-corrected chi connectivity index (χ4v) is 1.72. The van der Waals surface area contributed by atoms with E-state index in [1.54, 1.807) is 12.1 Å². The Labute approximate surface area is 123 Å². The average Bonchev–Trinajstić information content (AvgIpc) is 3.29. The first-order chi connectivity index (χ1) is 10.2. The highest BCUT2D eigenvalue weighted by Gasteiger charge is 2.22. The topological polar surface area (TPSA) is 91.3 Å². The van der Waals surface area contributed by atoms with Crippen LogP contribution >= 0.6 is 0 Å². The van der Waals surface area contributed by atoms with Crippen molar-refractivity contribution >= 4 is 11.8 Å². The van der Waals surface area contributed by atoms with Gasteiger partial charge >= 0.3 is 0 Å². The second kappa shape index (κ2) is 7.41. The molecule has 0 bridgehead atoms. The van der Waals surface area contributed by atoms with Gasteiger partial charge in [0.25, 0.3) is 5.91 Å². The summed E-state index contributed by atoms with van der Waals surface area (Å²) in [5.74, 6) is 4.72. The Bertz CT molecular complexity index is 585. The van der Waals surface area contributed by atoms with E-state index in [-0.39, 0.29) is 37.1 Å². The number of nitrogens with zero attached hydrogens (tertiary/aromatic N) is 1. The SMILES string of the molecule is O=C(CCNC(=O)c1ncccc1C#CCO)NC1CC1. The molecule has 0 atom stereocenters. The molecule has 6 heteroatoms. The summed E-state index contributed by atoms with van der Waals surface area (Å²) in [4.78, 5) is 27.5. The highest BCUT2D eigenvalue weighted by Crippen LogP contribution is 2.18. The van der Waals surface area contributed by atoms with Crippen molar-refractivity contribution in [3.05, 3.63) is 29.6 Å². The molecular formula is C15H17N3O3. The quantitative estimate of drug-likeness (QED) is 0.655. The van der Waals surface area contributed by atoms with Gasteiger partial charge in [-0.25, -0.2) is 4.98 Å². The number of pyridine rings is 1. The van der Waals surface area contributed by atoms with E-state index in [1.807, 2.05) is 0 Å². The number of aromatic nitrogens is 1. The summed E-state index contributed by atoms with van der Waals surface area (Å²) < 4.78 is 0. The number of aliphatic hydroxyl groups excluding tert-OH is 1. The summed E-state index contributed by atoms with van der Waals surface area (Å²) in [6, 6.07) is 3.65. The molecule has 2 amide bonds. The summed E-state index contributed by atoms with van der Waals surface area (Å²) in [5, 5.41) is 14.2. The Morgan fingerprint density at radius 2 is 2.24 bits per heavy atom. The van der Waals surface area contributed by atoms with Crippen LogP contribution in [0.1, 0.15) is 35.3 Å². The van der Waals surface area contributed by atoms with Crippen molar-refractivity contribution in [2.75, 3.05) is 13.2 Å². The summed E-state index contributed by atoms with van der Waals surface area (Å²) >= 11 is 0. The number of rotatable bonds is 5. The van der Waals surface area contributed by atoms with Crippen LogP contribution in [0.3, 0.4) is 0 Å². The van der Waals surface area contributed by atoms with Crippen molar-refractivity contribution < 1.29 is 14.7 Å². The molecular weight excluding hydrogens is 270 g/mol. The van der Waals surface area contributed by atoms with Crippen LogP contribution in [0.15, 0.2) is 18.3 Å². The number of carbonyl (C=O) groups is 2. The molecule has 1 saturated carbocycles. The van der Waals surface area contributed by atoms with Crippen LogP contribution in [-0.2, 0) is 4.79 Å². The third-order valence-electron chi connectivity index (χ3n) is 2.90. The lowest BCUT2D eigenvalue weighted by Crippen LogP contribution is -2.32. The zero-order valence-electron chi connectivity index (χ0n) is 11.6. The van der Waals surface area contributed by atoms with Gasteiger partial charge in [0.15, 0.2) is 0 Å². The number of hydrogen-bond acceptors (Lipinski definition) is 4. The molecule has 0 unspecified atom stereocenters. The maximum absolute atomic E-state index is 12.0. The molecule has 6 nitrogen and oxygen atoms in total. The molecule has 3 N–H and O–H groups in total. The van der Waals surface area contributed by atoms with E-state index in [9.17, 15) is 9.59 Å². The predicted octanol–water partition coefficient (Wildman–Crippen LogP) is -0.176. The molecule has 0 aromatic carbocycles. The van der Waals surface area contributed by atoms with Crippen LogP contribution in [0.4, 0.5) is 0 Å². The van der Waals surface area contributed by atoms with Crippen LogP contribution in [0.5, 0.6) is 0 Å². The largest absolute Gasteiger partial charge is 0.384 e. The molecule has 1 aromatic rings. The third kappa shape index (κ3) is 4.89. The Morgan fingerprint density at radius 1 is 1.43 bits per heavy atom. The minimum Gasteiger partial charge on any atom is -0.384 e. The maximum atomic E-state index is 12.0. The fourth-order valence-electron chi connectivity index (χ4n) is 1.72. The number of hydrogen-bond donors (Lipinski definition) is 3. The normalized spacial score (nSPS) is 13.0. The molecule has 1 aromatic heterocycles. The van der Waals surface area contributed by atoms with Crippen molar-refractivity contribution in [3.8, 4) is 11.8 Å². The van der Waals surface area contributed by atoms with Crippen molar-refractivity contribution in [2.24, 2.45) is 0 Å². The predicted molar refractivity (Wildman–Crippen MR) is 76.3 cm³/mol. The maximum Gasteiger partial charge on any atom is 0.271 e. The number of aliphatic hydroxyl groups is 1. The van der Waals surface area contributed by atoms with Gasteiger partial charge < -0.3 is 15.7 Å². The smallest absolute Gasteiger partial charge is 0.271 e. The van der Waals surface area contributed by atoms with Gasteiger partial charge in [-0.1, -0.05) is 11.8 Å². The van der Waals surface area contributed by atoms with Gasteiger partial charge in [0.1, 0.15) is 12.3 Å². The minimum absolute atomic E-state index is 0.0564. The van der Waals surface area contributed by atoms with E-state index in [0.29, 0.717) is 11.6 Å². The van der Waals surface area contributed by atoms with Gasteiger partial charge in [-0.2, -0.15) is 0 Å². The zero-order valence-corrected chi connectivity index (χ0v) is 11.6. The van der Waals surface area contributed by atoms with Crippen molar-refractivity contribution in [2.45, 2.75) is 25.3 Å². The van der Waals surface area contributed by atoms with Crippen LogP contribution in [0.2, 0.25) is 0 Å². The van der Waals surface area contributed by atoms with Crippen molar-refractivity contribution in [3.63, 3.8) is 0 Å². The Kier molecular flexibility index (Phi) is 5.29. The lowest BCUT2D eigenvalue weighted by Gasteiger charge is -2.06. The van der Waals surface area contributed by atoms with Crippen molar-refractivity contribution in [1.29, 1.82) is 0 Å². The minimum atomic E-state index is -0.378. The van der Waals surface area contributed by atoms with Gasteiger partial charge in [-0.3, -0.25) is 9.59 Å². The standard InChI is InChI=1S/C15H17N3O3/c19-10-2-4-11-3-1-8-16-14(11)15(21)17-9-7-13(20)18-12-5-6-12/h1,3,8,12,19H,5-7,9-10H2,(H,17,21)(H,18,20). The molecule has 0 radical (unpaired) electrons. The monoisotopic (exact) mass is 287 g/mol. The Hall–Kier alpha value is -2.39. The van der Waals surface area contributed by atoms with Gasteiger partial charge in [0.05, 0.1) is 5.56 Å². The number of amides is 2. The van der Waals surface area contributed by atoms with E-state index in [2.05, 4.69) is 27.5 Å². The molecule has 0 aliphatic heterocycles. The first-order valence-corrected chi connectivity index (χ1v) is 6.83. The van der Waals surface area contributed by atoms with Crippen LogP contribution in [-0.4, -0.2) is 41.1 Å². The molecule has 0 saturated heterocycles.